The lowest BCUT2D eigenvalue weighted by atomic mass is 10.1. The van der Waals surface area contributed by atoms with Crippen LogP contribution in [0, 0.1) is 6.92 Å². The number of aromatic nitrogens is 3. The molecular formula is C27H27N5O2. The summed E-state index contributed by atoms with van der Waals surface area (Å²) in [6, 6.07) is 22.5. The average Bonchev–Trinajstić information content (AvgIpc) is 3.30. The standard InChI is InChI=1S/C27H27N5O2/c1-19-7-3-4-8-22(19)26-28-25(23-9-5-6-10-24(23)33)29-32(26)21-13-11-20(12-14-21)27(34)31-17-15-30(2)16-18-31/h3-14,33H,15-18H2,1-2H3. The minimum Gasteiger partial charge on any atom is -0.507 e. The first kappa shape index (κ1) is 21.9. The van der Waals surface area contributed by atoms with Crippen molar-refractivity contribution in [3.63, 3.8) is 0 Å². The van der Waals surface area contributed by atoms with Gasteiger partial charge in [0.15, 0.2) is 11.6 Å². The maximum Gasteiger partial charge on any atom is 0.253 e. The first-order chi connectivity index (χ1) is 16.5. The fraction of sp³-hybridized carbons (Fsp3) is 0.222. The lowest BCUT2D eigenvalue weighted by molar-refractivity contribution is 0.0664. The Balaban J connectivity index is 1.53. The van der Waals surface area contributed by atoms with Gasteiger partial charge in [0.25, 0.3) is 5.91 Å². The van der Waals surface area contributed by atoms with E-state index >= 15 is 0 Å². The third-order valence-corrected chi connectivity index (χ3v) is 6.29. The van der Waals surface area contributed by atoms with Gasteiger partial charge < -0.3 is 14.9 Å². The van der Waals surface area contributed by atoms with Gasteiger partial charge in [-0.1, -0.05) is 36.4 Å². The summed E-state index contributed by atoms with van der Waals surface area (Å²) in [5, 5.41) is 15.1. The van der Waals surface area contributed by atoms with Gasteiger partial charge in [-0.25, -0.2) is 9.67 Å². The Morgan fingerprint density at radius 2 is 1.50 bits per heavy atom. The topological polar surface area (TPSA) is 74.5 Å². The molecule has 0 spiro atoms. The highest BCUT2D eigenvalue weighted by Crippen LogP contribution is 2.31. The minimum absolute atomic E-state index is 0.0484. The maximum atomic E-state index is 13.0. The highest BCUT2D eigenvalue weighted by molar-refractivity contribution is 5.94. The molecule has 1 saturated heterocycles. The lowest BCUT2D eigenvalue weighted by Crippen LogP contribution is -2.47. The van der Waals surface area contributed by atoms with Crippen LogP contribution < -0.4 is 0 Å². The molecule has 1 amide bonds. The molecule has 0 radical (unpaired) electrons. The number of benzene rings is 3. The van der Waals surface area contributed by atoms with Crippen LogP contribution >= 0.6 is 0 Å². The lowest BCUT2D eigenvalue weighted by Gasteiger charge is -2.32. The van der Waals surface area contributed by atoms with E-state index in [4.69, 9.17) is 10.1 Å². The zero-order chi connectivity index (χ0) is 23.7. The highest BCUT2D eigenvalue weighted by Gasteiger charge is 2.21. The second kappa shape index (κ2) is 9.11. The zero-order valence-electron chi connectivity index (χ0n) is 19.3. The first-order valence-corrected chi connectivity index (χ1v) is 11.4. The van der Waals surface area contributed by atoms with E-state index in [-0.39, 0.29) is 11.7 Å². The number of amides is 1. The van der Waals surface area contributed by atoms with Gasteiger partial charge >= 0.3 is 0 Å². The fourth-order valence-electron chi connectivity index (χ4n) is 4.20. The molecule has 7 nitrogen and oxygen atoms in total. The van der Waals surface area contributed by atoms with Gasteiger partial charge in [-0.3, -0.25) is 4.79 Å². The molecule has 0 aliphatic carbocycles. The van der Waals surface area contributed by atoms with Crippen molar-refractivity contribution in [2.24, 2.45) is 0 Å². The van der Waals surface area contributed by atoms with E-state index < -0.39 is 0 Å². The summed E-state index contributed by atoms with van der Waals surface area (Å²) in [4.78, 5) is 21.9. The summed E-state index contributed by atoms with van der Waals surface area (Å²) < 4.78 is 1.77. The SMILES string of the molecule is Cc1ccccc1-c1nc(-c2ccccc2O)nn1-c1ccc(C(=O)N2CCN(C)CC2)cc1. The molecule has 172 valence electrons. The molecule has 0 unspecified atom stereocenters. The van der Waals surface area contributed by atoms with Crippen molar-refractivity contribution in [2.45, 2.75) is 6.92 Å². The van der Waals surface area contributed by atoms with Crippen molar-refractivity contribution >= 4 is 5.91 Å². The van der Waals surface area contributed by atoms with Crippen LogP contribution in [-0.4, -0.2) is 68.8 Å². The minimum atomic E-state index is 0.0484. The molecule has 5 rings (SSSR count). The number of hydrogen-bond donors (Lipinski definition) is 1. The quantitative estimate of drug-likeness (QED) is 0.506. The van der Waals surface area contributed by atoms with Crippen molar-refractivity contribution in [3.8, 4) is 34.2 Å². The molecule has 1 aromatic heterocycles. The second-order valence-electron chi connectivity index (χ2n) is 8.65. The number of aromatic hydroxyl groups is 1. The Labute approximate surface area is 198 Å². The van der Waals surface area contributed by atoms with Gasteiger partial charge in [0.1, 0.15) is 5.75 Å². The number of rotatable bonds is 4. The average molecular weight is 454 g/mol. The summed E-state index contributed by atoms with van der Waals surface area (Å²) >= 11 is 0. The van der Waals surface area contributed by atoms with Crippen molar-refractivity contribution in [3.05, 3.63) is 83.9 Å². The van der Waals surface area contributed by atoms with Crippen LogP contribution in [0.5, 0.6) is 5.75 Å². The molecule has 0 atom stereocenters. The molecule has 34 heavy (non-hydrogen) atoms. The Kier molecular flexibility index (Phi) is 5.86. The molecule has 0 saturated carbocycles. The smallest absolute Gasteiger partial charge is 0.253 e. The van der Waals surface area contributed by atoms with Gasteiger partial charge in [-0.15, -0.1) is 5.10 Å². The van der Waals surface area contributed by atoms with E-state index in [9.17, 15) is 9.90 Å². The van der Waals surface area contributed by atoms with Crippen LogP contribution in [0.25, 0.3) is 28.5 Å². The van der Waals surface area contributed by atoms with Crippen LogP contribution in [0.3, 0.4) is 0 Å². The molecule has 1 N–H and O–H groups in total. The van der Waals surface area contributed by atoms with Crippen LogP contribution in [0.15, 0.2) is 72.8 Å². The largest absolute Gasteiger partial charge is 0.507 e. The third kappa shape index (κ3) is 4.18. The van der Waals surface area contributed by atoms with E-state index in [1.54, 1.807) is 22.9 Å². The number of phenols is 1. The number of carbonyl (C=O) groups excluding carboxylic acids is 1. The van der Waals surface area contributed by atoms with Crippen LogP contribution in [0.2, 0.25) is 0 Å². The Morgan fingerprint density at radius 3 is 2.18 bits per heavy atom. The summed E-state index contributed by atoms with van der Waals surface area (Å²) in [7, 11) is 2.07. The number of likely N-dealkylation sites (N-methyl/N-ethyl adjacent to an activating group) is 1. The molecule has 3 aromatic carbocycles. The number of aryl methyl sites for hydroxylation is 1. The van der Waals surface area contributed by atoms with E-state index in [1.165, 1.54) is 0 Å². The molecule has 2 heterocycles. The Morgan fingerprint density at radius 1 is 0.853 bits per heavy atom. The first-order valence-electron chi connectivity index (χ1n) is 11.4. The van der Waals surface area contributed by atoms with E-state index in [2.05, 4.69) is 11.9 Å². The molecule has 0 bridgehead atoms. The van der Waals surface area contributed by atoms with Gasteiger partial charge in [-0.05, 0) is 55.9 Å². The van der Waals surface area contributed by atoms with Crippen LogP contribution in [0.1, 0.15) is 15.9 Å². The fourth-order valence-corrected chi connectivity index (χ4v) is 4.20. The highest BCUT2D eigenvalue weighted by atomic mass is 16.3. The molecule has 1 aliphatic heterocycles. The molecular weight excluding hydrogens is 426 g/mol. The summed E-state index contributed by atoms with van der Waals surface area (Å²) in [6.45, 7) is 5.28. The number of carbonyl (C=O) groups is 1. The zero-order valence-corrected chi connectivity index (χ0v) is 19.3. The van der Waals surface area contributed by atoms with Gasteiger partial charge in [0.05, 0.1) is 11.3 Å². The summed E-state index contributed by atoms with van der Waals surface area (Å²) in [6.07, 6.45) is 0. The van der Waals surface area contributed by atoms with Gasteiger partial charge in [-0.2, -0.15) is 0 Å². The Hall–Kier alpha value is -3.97. The number of hydrogen-bond acceptors (Lipinski definition) is 5. The predicted molar refractivity (Wildman–Crippen MR) is 132 cm³/mol. The molecule has 1 aliphatic rings. The van der Waals surface area contributed by atoms with Crippen molar-refractivity contribution in [2.75, 3.05) is 33.2 Å². The normalized spacial score (nSPS) is 14.4. The molecule has 4 aromatic rings. The van der Waals surface area contributed by atoms with Gasteiger partial charge in [0, 0.05) is 37.3 Å². The van der Waals surface area contributed by atoms with E-state index in [1.807, 2.05) is 66.4 Å². The number of phenolic OH excluding ortho intramolecular Hbond substituents is 1. The number of nitrogens with zero attached hydrogens (tertiary/aromatic N) is 5. The maximum absolute atomic E-state index is 13.0. The van der Waals surface area contributed by atoms with Crippen molar-refractivity contribution < 1.29 is 9.90 Å². The predicted octanol–water partition coefficient (Wildman–Crippen LogP) is 4.00. The summed E-state index contributed by atoms with van der Waals surface area (Å²) in [5.41, 5.74) is 4.04. The number of piperazine rings is 1. The van der Waals surface area contributed by atoms with Crippen LogP contribution in [0.4, 0.5) is 0 Å². The number of para-hydroxylation sites is 1. The van der Waals surface area contributed by atoms with Crippen molar-refractivity contribution in [1.82, 2.24) is 24.6 Å². The van der Waals surface area contributed by atoms with Crippen LogP contribution in [-0.2, 0) is 0 Å². The second-order valence-corrected chi connectivity index (χ2v) is 8.65. The summed E-state index contributed by atoms with van der Waals surface area (Å²) in [5.74, 6) is 1.29. The van der Waals surface area contributed by atoms with Crippen molar-refractivity contribution in [1.29, 1.82) is 0 Å². The third-order valence-electron chi connectivity index (χ3n) is 6.29. The van der Waals surface area contributed by atoms with E-state index in [0.717, 1.165) is 43.0 Å². The van der Waals surface area contributed by atoms with Gasteiger partial charge in [0.2, 0.25) is 0 Å². The molecule has 7 heteroatoms. The monoisotopic (exact) mass is 453 g/mol. The van der Waals surface area contributed by atoms with E-state index in [0.29, 0.717) is 22.8 Å². The Bertz CT molecular complexity index is 1320. The molecule has 1 fully saturated rings.